The Kier molecular flexibility index (Phi) is 8.91. The topological polar surface area (TPSA) is 78.8 Å². The third kappa shape index (κ3) is 6.18. The third-order valence-electron chi connectivity index (χ3n) is 8.35. The summed E-state index contributed by atoms with van der Waals surface area (Å²) in [5, 5.41) is 4.96. The van der Waals surface area contributed by atoms with E-state index in [2.05, 4.69) is 5.10 Å². The minimum Gasteiger partial charge on any atom is -0.354 e. The van der Waals surface area contributed by atoms with Crippen molar-refractivity contribution in [3.63, 3.8) is 0 Å². The van der Waals surface area contributed by atoms with Crippen LogP contribution in [0.5, 0.6) is 0 Å². The molecule has 222 valence electrons. The van der Waals surface area contributed by atoms with Crippen LogP contribution in [0.25, 0.3) is 0 Å². The molecule has 0 aliphatic carbocycles. The Bertz CT molecular complexity index is 1520. The Morgan fingerprint density at radius 2 is 1.76 bits per heavy atom. The monoisotopic (exact) mass is 597 g/mol. The molecule has 2 fully saturated rings. The van der Waals surface area contributed by atoms with E-state index >= 15 is 4.39 Å². The first-order chi connectivity index (χ1) is 20.2. The molecule has 2 aliphatic rings. The van der Waals surface area contributed by atoms with Crippen molar-refractivity contribution in [1.29, 1.82) is 0 Å². The van der Waals surface area contributed by atoms with E-state index < -0.39 is 23.5 Å². The number of halogens is 3. The average molecular weight is 598 g/mol. The number of aryl methyl sites for hydroxylation is 1. The van der Waals surface area contributed by atoms with Crippen LogP contribution in [0.4, 0.5) is 14.6 Å². The van der Waals surface area contributed by atoms with Crippen LogP contribution < -0.4 is 10.5 Å². The zero-order valence-corrected chi connectivity index (χ0v) is 24.4. The van der Waals surface area contributed by atoms with Crippen molar-refractivity contribution in [3.8, 4) is 0 Å². The zero-order valence-electron chi connectivity index (χ0n) is 23.7. The molecule has 2 amide bonds. The number of nitrogens with zero attached hydrogens (tertiary/aromatic N) is 5. The number of hydrogen-bond donors (Lipinski definition) is 0. The molecule has 3 atom stereocenters. The van der Waals surface area contributed by atoms with Gasteiger partial charge in [0.25, 0.3) is 5.56 Å². The maximum absolute atomic E-state index is 15.1. The Morgan fingerprint density at radius 1 is 1.00 bits per heavy atom. The first kappa shape index (κ1) is 29.7. The maximum atomic E-state index is 15.1. The second-order valence-electron chi connectivity index (χ2n) is 10.9. The molecule has 8 nitrogen and oxygen atoms in total. The highest BCUT2D eigenvalue weighted by Gasteiger charge is 2.42. The highest BCUT2D eigenvalue weighted by Crippen LogP contribution is 2.38. The van der Waals surface area contributed by atoms with Crippen LogP contribution in [0.1, 0.15) is 49.3 Å². The largest absolute Gasteiger partial charge is 0.354 e. The number of carbonyl (C=O) groups is 2. The molecule has 1 aromatic heterocycles. The van der Waals surface area contributed by atoms with Gasteiger partial charge in [-0.3, -0.25) is 14.4 Å². The molecule has 42 heavy (non-hydrogen) atoms. The fourth-order valence-electron chi connectivity index (χ4n) is 6.13. The van der Waals surface area contributed by atoms with Gasteiger partial charge in [0.15, 0.2) is 0 Å². The van der Waals surface area contributed by atoms with Crippen LogP contribution >= 0.6 is 11.6 Å². The molecule has 5 rings (SSSR count). The van der Waals surface area contributed by atoms with E-state index in [4.69, 9.17) is 11.6 Å². The van der Waals surface area contributed by atoms with E-state index in [1.807, 2.05) is 41.0 Å². The summed E-state index contributed by atoms with van der Waals surface area (Å²) in [5.74, 6) is -2.23. The van der Waals surface area contributed by atoms with Crippen molar-refractivity contribution in [2.24, 2.45) is 13.0 Å². The summed E-state index contributed by atoms with van der Waals surface area (Å²) in [7, 11) is 1.54. The molecule has 3 heterocycles. The Hall–Kier alpha value is -3.79. The van der Waals surface area contributed by atoms with Crippen molar-refractivity contribution in [2.45, 2.75) is 38.1 Å². The summed E-state index contributed by atoms with van der Waals surface area (Å²) in [4.78, 5) is 44.6. The highest BCUT2D eigenvalue weighted by atomic mass is 35.5. The second-order valence-corrected chi connectivity index (χ2v) is 11.3. The lowest BCUT2D eigenvalue weighted by Crippen LogP contribution is -2.47. The van der Waals surface area contributed by atoms with Crippen molar-refractivity contribution >= 4 is 29.2 Å². The van der Waals surface area contributed by atoms with Gasteiger partial charge in [-0.25, -0.2) is 13.5 Å². The number of amides is 2. The molecular formula is C31H34ClF2N5O3. The molecular weight excluding hydrogens is 564 g/mol. The Morgan fingerprint density at radius 3 is 2.45 bits per heavy atom. The summed E-state index contributed by atoms with van der Waals surface area (Å²) in [5.41, 5.74) is 0.999. The maximum Gasteiger partial charge on any atom is 0.266 e. The standard InChI is InChI=1S/C31H34ClF2N5O3/c1-3-29(40)39-16-15-37(14-4-5-27(39)20-6-8-21(32)9-7-20)31(42)25-19-38(28-12-13-30(41)36(2)35-28)18-24(25)23-11-10-22(33)17-26(23)34/h6-13,17,24-25,27H,3-5,14-16,18-19H2,1-2H3/t24-,25+,27-/m0/s1. The molecule has 0 N–H and O–H groups in total. The van der Waals surface area contributed by atoms with Crippen molar-refractivity contribution < 1.29 is 18.4 Å². The molecule has 0 saturated carbocycles. The number of carbonyl (C=O) groups excluding carboxylic acids is 2. The first-order valence-corrected chi connectivity index (χ1v) is 14.6. The number of anilines is 1. The van der Waals surface area contributed by atoms with Gasteiger partial charge < -0.3 is 14.7 Å². The Balaban J connectivity index is 1.41. The van der Waals surface area contributed by atoms with Gasteiger partial charge in [-0.05, 0) is 48.2 Å². The van der Waals surface area contributed by atoms with Crippen LogP contribution in [-0.2, 0) is 16.6 Å². The van der Waals surface area contributed by atoms with Crippen LogP contribution in [0, 0.1) is 17.6 Å². The molecule has 2 aromatic carbocycles. The van der Waals surface area contributed by atoms with Crippen LogP contribution in [-0.4, -0.2) is 64.1 Å². The Labute approximate surface area is 248 Å². The summed E-state index contributed by atoms with van der Waals surface area (Å²) >= 11 is 6.10. The van der Waals surface area contributed by atoms with Gasteiger partial charge in [-0.1, -0.05) is 36.7 Å². The summed E-state index contributed by atoms with van der Waals surface area (Å²) < 4.78 is 30.1. The van der Waals surface area contributed by atoms with Gasteiger partial charge >= 0.3 is 0 Å². The van der Waals surface area contributed by atoms with Crippen LogP contribution in [0.15, 0.2) is 59.4 Å². The molecule has 3 aromatic rings. The van der Waals surface area contributed by atoms with Crippen molar-refractivity contribution in [1.82, 2.24) is 19.6 Å². The average Bonchev–Trinajstić information content (AvgIpc) is 3.40. The smallest absolute Gasteiger partial charge is 0.266 e. The number of benzene rings is 2. The summed E-state index contributed by atoms with van der Waals surface area (Å²) in [6.45, 7) is 3.54. The fraction of sp³-hybridized carbons (Fsp3) is 0.419. The van der Waals surface area contributed by atoms with Gasteiger partial charge in [0.05, 0.1) is 12.0 Å². The quantitative estimate of drug-likeness (QED) is 0.432. The third-order valence-corrected chi connectivity index (χ3v) is 8.60. The molecule has 0 radical (unpaired) electrons. The number of rotatable bonds is 5. The van der Waals surface area contributed by atoms with E-state index in [-0.39, 0.29) is 42.1 Å². The lowest BCUT2D eigenvalue weighted by molar-refractivity contribution is -0.140. The molecule has 0 bridgehead atoms. The van der Waals surface area contributed by atoms with E-state index in [1.54, 1.807) is 18.0 Å². The highest BCUT2D eigenvalue weighted by molar-refractivity contribution is 6.30. The van der Waals surface area contributed by atoms with Crippen LogP contribution in [0.2, 0.25) is 5.02 Å². The molecule has 11 heteroatoms. The molecule has 0 unspecified atom stereocenters. The minimum absolute atomic E-state index is 0.00307. The number of aromatic nitrogens is 2. The lowest BCUT2D eigenvalue weighted by Gasteiger charge is -2.38. The number of hydrogen-bond acceptors (Lipinski definition) is 5. The summed E-state index contributed by atoms with van der Waals surface area (Å²) in [6.07, 6.45) is 1.68. The van der Waals surface area contributed by atoms with Crippen LogP contribution in [0.3, 0.4) is 0 Å². The molecule has 2 saturated heterocycles. The fourth-order valence-corrected chi connectivity index (χ4v) is 6.26. The zero-order chi connectivity index (χ0) is 30.0. The summed E-state index contributed by atoms with van der Waals surface area (Å²) in [6, 6.07) is 13.8. The van der Waals surface area contributed by atoms with Gasteiger partial charge in [0.1, 0.15) is 17.5 Å². The minimum atomic E-state index is -0.703. The predicted octanol–water partition coefficient (Wildman–Crippen LogP) is 4.53. The van der Waals surface area contributed by atoms with E-state index in [1.165, 1.54) is 22.9 Å². The van der Waals surface area contributed by atoms with E-state index in [0.29, 0.717) is 49.7 Å². The van der Waals surface area contributed by atoms with Gasteiger partial charge in [-0.15, -0.1) is 0 Å². The first-order valence-electron chi connectivity index (χ1n) is 14.2. The van der Waals surface area contributed by atoms with Crippen molar-refractivity contribution in [2.75, 3.05) is 37.6 Å². The molecule has 0 spiro atoms. The van der Waals surface area contributed by atoms with Gasteiger partial charge in [-0.2, -0.15) is 5.10 Å². The molecule has 2 aliphatic heterocycles. The second kappa shape index (κ2) is 12.6. The van der Waals surface area contributed by atoms with Gasteiger partial charge in [0, 0.05) is 69.3 Å². The van der Waals surface area contributed by atoms with Gasteiger partial charge in [0.2, 0.25) is 11.8 Å². The lowest BCUT2D eigenvalue weighted by atomic mass is 9.87. The van der Waals surface area contributed by atoms with Crippen molar-refractivity contribution in [3.05, 3.63) is 92.7 Å². The normalized spacial score (nSPS) is 21.3. The predicted molar refractivity (Wildman–Crippen MR) is 156 cm³/mol. The van der Waals surface area contributed by atoms with E-state index in [9.17, 15) is 18.8 Å². The SMILES string of the molecule is CCC(=O)N1CCN(C(=O)[C@@H]2CN(c3ccc(=O)n(C)n3)C[C@H]2c2ccc(F)cc2F)CCC[C@H]1c1ccc(Cl)cc1. The van der Waals surface area contributed by atoms with E-state index in [0.717, 1.165) is 11.6 Å².